The highest BCUT2D eigenvalue weighted by molar-refractivity contribution is 6.42. The molecule has 0 radical (unpaired) electrons. The third-order valence-corrected chi connectivity index (χ3v) is 3.99. The predicted molar refractivity (Wildman–Crippen MR) is 98.8 cm³/mol. The molecule has 0 spiro atoms. The van der Waals surface area contributed by atoms with Crippen LogP contribution < -0.4 is 10.2 Å². The molecule has 1 amide bonds. The number of hydrogen-bond acceptors (Lipinski definition) is 5. The molecule has 0 aliphatic rings. The van der Waals surface area contributed by atoms with E-state index in [9.17, 15) is 4.79 Å². The van der Waals surface area contributed by atoms with Crippen LogP contribution in [0.15, 0.2) is 64.4 Å². The number of furan rings is 1. The maximum absolute atomic E-state index is 11.8. The first-order valence-corrected chi connectivity index (χ1v) is 8.27. The van der Waals surface area contributed by atoms with Gasteiger partial charge in [0.25, 0.3) is 5.91 Å². The largest absolute Gasteiger partial charge is 0.486 e. The maximum Gasteiger partial charge on any atom is 0.271 e. The van der Waals surface area contributed by atoms with E-state index in [1.54, 1.807) is 42.5 Å². The number of ether oxygens (including phenoxy) is 1. The number of halogens is 2. The molecule has 3 rings (SSSR count). The van der Waals surface area contributed by atoms with Gasteiger partial charge in [-0.1, -0.05) is 23.2 Å². The number of hydrazone groups is 1. The number of amides is 1. The van der Waals surface area contributed by atoms with E-state index in [0.29, 0.717) is 32.9 Å². The van der Waals surface area contributed by atoms with Crippen LogP contribution in [-0.4, -0.2) is 17.1 Å². The van der Waals surface area contributed by atoms with E-state index in [4.69, 9.17) is 32.4 Å². The third-order valence-electron chi connectivity index (χ3n) is 3.25. The lowest BCUT2D eigenvalue weighted by atomic mass is 10.3. The zero-order chi connectivity index (χ0) is 18.4. The van der Waals surface area contributed by atoms with Crippen LogP contribution in [0, 0.1) is 0 Å². The molecule has 0 unspecified atom stereocenters. The van der Waals surface area contributed by atoms with Gasteiger partial charge < -0.3 is 9.15 Å². The van der Waals surface area contributed by atoms with Gasteiger partial charge in [0, 0.05) is 24.0 Å². The Bertz CT molecular complexity index is 926. The first-order valence-electron chi connectivity index (χ1n) is 7.52. The van der Waals surface area contributed by atoms with Crippen LogP contribution in [0.2, 0.25) is 10.0 Å². The maximum atomic E-state index is 11.8. The number of pyridine rings is 1. The van der Waals surface area contributed by atoms with Crippen LogP contribution in [0.5, 0.6) is 5.75 Å². The van der Waals surface area contributed by atoms with Crippen LogP contribution in [0.1, 0.15) is 21.9 Å². The van der Waals surface area contributed by atoms with Gasteiger partial charge in [0.1, 0.15) is 23.9 Å². The Hall–Kier alpha value is -2.83. The third kappa shape index (κ3) is 4.84. The SMILES string of the molecule is O=C(NN=Cc1ccc(COc2ccc(Cl)c(Cl)c2)o1)c1ccncc1. The van der Waals surface area contributed by atoms with E-state index < -0.39 is 0 Å². The highest BCUT2D eigenvalue weighted by Crippen LogP contribution is 2.26. The summed E-state index contributed by atoms with van der Waals surface area (Å²) in [6, 6.07) is 11.7. The Kier molecular flexibility index (Phi) is 5.88. The number of carbonyl (C=O) groups excluding carboxylic acids is 1. The first-order chi connectivity index (χ1) is 12.6. The summed E-state index contributed by atoms with van der Waals surface area (Å²) in [5, 5.41) is 4.74. The zero-order valence-corrected chi connectivity index (χ0v) is 14.9. The standard InChI is InChI=1S/C18H13Cl2N3O3/c19-16-4-3-13(9-17(16)20)25-11-15-2-1-14(26-15)10-22-23-18(24)12-5-7-21-8-6-12/h1-10H,11H2,(H,23,24). The van der Waals surface area contributed by atoms with Crippen LogP contribution in [0.3, 0.4) is 0 Å². The van der Waals surface area contributed by atoms with E-state index >= 15 is 0 Å². The second-order valence-corrected chi connectivity index (χ2v) is 5.92. The predicted octanol–water partition coefficient (Wildman–Crippen LogP) is 4.32. The summed E-state index contributed by atoms with van der Waals surface area (Å²) >= 11 is 11.8. The summed E-state index contributed by atoms with van der Waals surface area (Å²) < 4.78 is 11.1. The van der Waals surface area contributed by atoms with Crippen molar-refractivity contribution in [2.24, 2.45) is 5.10 Å². The molecule has 26 heavy (non-hydrogen) atoms. The van der Waals surface area contributed by atoms with Gasteiger partial charge in [-0.15, -0.1) is 0 Å². The molecule has 3 aromatic rings. The van der Waals surface area contributed by atoms with Crippen molar-refractivity contribution in [1.29, 1.82) is 0 Å². The quantitative estimate of drug-likeness (QED) is 0.502. The van der Waals surface area contributed by atoms with Gasteiger partial charge >= 0.3 is 0 Å². The normalized spacial score (nSPS) is 10.8. The van der Waals surface area contributed by atoms with Gasteiger partial charge in [0.15, 0.2) is 0 Å². The van der Waals surface area contributed by atoms with E-state index in [1.807, 2.05) is 0 Å². The van der Waals surface area contributed by atoms with Gasteiger partial charge in [-0.2, -0.15) is 5.10 Å². The molecule has 2 aromatic heterocycles. The topological polar surface area (TPSA) is 76.7 Å². The number of rotatable bonds is 6. The van der Waals surface area contributed by atoms with Gasteiger partial charge in [0.05, 0.1) is 16.3 Å². The molecule has 1 N–H and O–H groups in total. The highest BCUT2D eigenvalue weighted by atomic mass is 35.5. The van der Waals surface area contributed by atoms with Gasteiger partial charge in [-0.3, -0.25) is 9.78 Å². The van der Waals surface area contributed by atoms with Crippen molar-refractivity contribution in [1.82, 2.24) is 10.4 Å². The number of aromatic nitrogens is 1. The smallest absolute Gasteiger partial charge is 0.271 e. The summed E-state index contributed by atoms with van der Waals surface area (Å²) in [5.41, 5.74) is 2.88. The number of carbonyl (C=O) groups is 1. The molecule has 0 saturated carbocycles. The Balaban J connectivity index is 1.52. The van der Waals surface area contributed by atoms with Gasteiger partial charge in [0.2, 0.25) is 0 Å². The van der Waals surface area contributed by atoms with Crippen molar-refractivity contribution in [3.63, 3.8) is 0 Å². The van der Waals surface area contributed by atoms with Crippen LogP contribution in [0.25, 0.3) is 0 Å². The van der Waals surface area contributed by atoms with Gasteiger partial charge in [-0.05, 0) is 36.4 Å². The fourth-order valence-corrected chi connectivity index (χ4v) is 2.27. The summed E-state index contributed by atoms with van der Waals surface area (Å²) in [5.74, 6) is 1.32. The number of nitrogens with zero attached hydrogens (tertiary/aromatic N) is 2. The molecule has 6 nitrogen and oxygen atoms in total. The lowest BCUT2D eigenvalue weighted by molar-refractivity contribution is 0.0955. The lowest BCUT2D eigenvalue weighted by Crippen LogP contribution is -2.17. The summed E-state index contributed by atoms with van der Waals surface area (Å²) in [7, 11) is 0. The van der Waals surface area contributed by atoms with Crippen molar-refractivity contribution in [3.05, 3.63) is 82.0 Å². The van der Waals surface area contributed by atoms with Crippen LogP contribution in [-0.2, 0) is 6.61 Å². The van der Waals surface area contributed by atoms with Crippen molar-refractivity contribution < 1.29 is 13.9 Å². The Morgan fingerprint density at radius 3 is 2.73 bits per heavy atom. The summed E-state index contributed by atoms with van der Waals surface area (Å²) in [4.78, 5) is 15.7. The van der Waals surface area contributed by atoms with Crippen molar-refractivity contribution in [2.45, 2.75) is 6.61 Å². The molecule has 132 valence electrons. The minimum atomic E-state index is -0.335. The summed E-state index contributed by atoms with van der Waals surface area (Å²) in [6.45, 7) is 0.217. The molecular formula is C18H13Cl2N3O3. The van der Waals surface area contributed by atoms with Crippen molar-refractivity contribution in [3.8, 4) is 5.75 Å². The van der Waals surface area contributed by atoms with E-state index in [-0.39, 0.29) is 12.5 Å². The fraction of sp³-hybridized carbons (Fsp3) is 0.0556. The Morgan fingerprint density at radius 1 is 1.15 bits per heavy atom. The minimum absolute atomic E-state index is 0.217. The number of nitrogens with one attached hydrogen (secondary N) is 1. The fourth-order valence-electron chi connectivity index (χ4n) is 1.98. The first kappa shape index (κ1) is 18.0. The molecule has 0 saturated heterocycles. The van der Waals surface area contributed by atoms with Crippen molar-refractivity contribution >= 4 is 35.3 Å². The van der Waals surface area contributed by atoms with Crippen molar-refractivity contribution in [2.75, 3.05) is 0 Å². The molecular weight excluding hydrogens is 377 g/mol. The van der Waals surface area contributed by atoms with E-state index in [0.717, 1.165) is 0 Å². The lowest BCUT2D eigenvalue weighted by Gasteiger charge is -2.05. The Labute approximate surface area is 159 Å². The zero-order valence-electron chi connectivity index (χ0n) is 13.4. The van der Waals surface area contributed by atoms with E-state index in [2.05, 4.69) is 15.5 Å². The summed E-state index contributed by atoms with van der Waals surface area (Å²) in [6.07, 6.45) is 4.47. The number of benzene rings is 1. The molecule has 0 atom stereocenters. The second-order valence-electron chi connectivity index (χ2n) is 5.10. The Morgan fingerprint density at radius 2 is 1.96 bits per heavy atom. The molecule has 0 aliphatic carbocycles. The van der Waals surface area contributed by atoms with Gasteiger partial charge in [-0.25, -0.2) is 5.43 Å². The van der Waals surface area contributed by atoms with E-state index in [1.165, 1.54) is 18.6 Å². The molecule has 0 fully saturated rings. The van der Waals surface area contributed by atoms with Crippen LogP contribution in [0.4, 0.5) is 0 Å². The average molecular weight is 390 g/mol. The van der Waals surface area contributed by atoms with Crippen LogP contribution >= 0.6 is 23.2 Å². The highest BCUT2D eigenvalue weighted by Gasteiger charge is 2.05. The number of hydrogen-bond donors (Lipinski definition) is 1. The molecule has 1 aromatic carbocycles. The molecule has 0 bridgehead atoms. The molecule has 0 aliphatic heterocycles. The monoisotopic (exact) mass is 389 g/mol. The average Bonchev–Trinajstić information content (AvgIpc) is 3.11. The second kappa shape index (κ2) is 8.51. The molecule has 8 heteroatoms. The molecule has 2 heterocycles. The minimum Gasteiger partial charge on any atom is -0.486 e.